The zero-order valence-corrected chi connectivity index (χ0v) is 19.7. The lowest BCUT2D eigenvalue weighted by Gasteiger charge is -2.28. The number of rotatable bonds is 4. The van der Waals surface area contributed by atoms with Crippen LogP contribution in [0.3, 0.4) is 0 Å². The second-order valence-corrected chi connectivity index (χ2v) is 10.6. The number of nitrogens with one attached hydrogen (secondary N) is 1. The van der Waals surface area contributed by atoms with E-state index in [-0.39, 0.29) is 17.1 Å². The molecule has 1 aromatic rings. The van der Waals surface area contributed by atoms with Gasteiger partial charge >= 0.3 is 6.09 Å². The Morgan fingerprint density at radius 1 is 1.32 bits per heavy atom. The summed E-state index contributed by atoms with van der Waals surface area (Å²) >= 11 is 0. The van der Waals surface area contributed by atoms with E-state index in [1.54, 1.807) is 6.20 Å². The van der Waals surface area contributed by atoms with Crippen LogP contribution in [0.2, 0.25) is 0 Å². The number of aromatic nitrogens is 2. The average molecular weight is 450 g/mol. The molecular formula is C21H31N5O4S. The van der Waals surface area contributed by atoms with E-state index in [1.807, 2.05) is 19.9 Å². The molecule has 3 heterocycles. The molecular weight excluding hydrogens is 418 g/mol. The monoisotopic (exact) mass is 449 g/mol. The lowest BCUT2D eigenvalue weighted by Crippen LogP contribution is -2.45. The number of hydrogen-bond donors (Lipinski definition) is 1. The van der Waals surface area contributed by atoms with Gasteiger partial charge < -0.3 is 10.1 Å². The quantitative estimate of drug-likeness (QED) is 0.744. The van der Waals surface area contributed by atoms with Gasteiger partial charge in [-0.3, -0.25) is 9.00 Å². The molecule has 0 aliphatic carbocycles. The first kappa shape index (κ1) is 24.7. The van der Waals surface area contributed by atoms with E-state index in [2.05, 4.69) is 36.1 Å². The van der Waals surface area contributed by atoms with Gasteiger partial charge in [-0.1, -0.05) is 27.7 Å². The lowest BCUT2D eigenvalue weighted by molar-refractivity contribution is -0.137. The van der Waals surface area contributed by atoms with Gasteiger partial charge in [0.15, 0.2) is 5.60 Å². The van der Waals surface area contributed by atoms with Gasteiger partial charge in [0.1, 0.15) is 11.9 Å². The number of nitriles is 1. The molecule has 10 heteroatoms. The first-order valence-corrected chi connectivity index (χ1v) is 11.9. The predicted octanol–water partition coefficient (Wildman–Crippen LogP) is 2.77. The molecule has 31 heavy (non-hydrogen) atoms. The van der Waals surface area contributed by atoms with Crippen LogP contribution in [-0.2, 0) is 20.3 Å². The Balaban J connectivity index is 0.000000221. The minimum absolute atomic E-state index is 0.185. The molecule has 3 rings (SSSR count). The summed E-state index contributed by atoms with van der Waals surface area (Å²) in [5.74, 6) is 1.60. The summed E-state index contributed by atoms with van der Waals surface area (Å²) in [7, 11) is -0.865. The molecule has 1 N–H and O–H groups in total. The first-order valence-electron chi connectivity index (χ1n) is 10.4. The fraction of sp³-hybridized carbons (Fsp3) is 0.667. The van der Waals surface area contributed by atoms with E-state index >= 15 is 0 Å². The maximum Gasteiger partial charge on any atom is 0.417 e. The fourth-order valence-corrected chi connectivity index (χ4v) is 4.45. The minimum Gasteiger partial charge on any atom is -0.432 e. The largest absolute Gasteiger partial charge is 0.432 e. The van der Waals surface area contributed by atoms with Gasteiger partial charge in [-0.2, -0.15) is 5.26 Å². The standard InChI is InChI=1S/C11H16N4.C10H15NO4S/c1-8-6-13-9(5-12)15-10(8)14-7-11(2,3)4;1-2-5-11-8(12)10(15-9(11)13)3-6-16(14)7-4-10/h6H,7H2,1-4H3,(H,13,14,15);2-7H2,1H3. The number of anilines is 1. The molecule has 0 unspecified atom stereocenters. The molecule has 170 valence electrons. The molecule has 0 radical (unpaired) electrons. The molecule has 2 aliphatic heterocycles. The maximum atomic E-state index is 12.1. The van der Waals surface area contributed by atoms with Crippen LogP contribution in [0.25, 0.3) is 0 Å². The predicted molar refractivity (Wildman–Crippen MR) is 118 cm³/mol. The summed E-state index contributed by atoms with van der Waals surface area (Å²) in [6.45, 7) is 11.5. The third-order valence-electron chi connectivity index (χ3n) is 4.91. The molecule has 1 spiro atoms. The second-order valence-electron chi connectivity index (χ2n) is 8.92. The summed E-state index contributed by atoms with van der Waals surface area (Å²) in [5.41, 5.74) is 0.142. The van der Waals surface area contributed by atoms with E-state index in [0.29, 0.717) is 30.9 Å². The van der Waals surface area contributed by atoms with E-state index in [0.717, 1.165) is 24.3 Å². The number of ether oxygens (including phenoxy) is 1. The second kappa shape index (κ2) is 10.2. The molecule has 2 saturated heterocycles. The molecule has 0 aromatic carbocycles. The van der Waals surface area contributed by atoms with Crippen LogP contribution in [-0.4, -0.2) is 61.3 Å². The Hall–Kier alpha value is -2.54. The summed E-state index contributed by atoms with van der Waals surface area (Å²) in [6.07, 6.45) is 2.63. The van der Waals surface area contributed by atoms with Crippen molar-refractivity contribution in [3.8, 4) is 6.07 Å². The Bertz CT molecular complexity index is 881. The highest BCUT2D eigenvalue weighted by Crippen LogP contribution is 2.34. The summed E-state index contributed by atoms with van der Waals surface area (Å²) in [6, 6.07) is 1.93. The number of carbonyl (C=O) groups excluding carboxylic acids is 2. The van der Waals surface area contributed by atoms with Crippen molar-refractivity contribution in [1.29, 1.82) is 5.26 Å². The van der Waals surface area contributed by atoms with Gasteiger partial charge in [0.05, 0.1) is 0 Å². The number of amides is 2. The molecule has 0 bridgehead atoms. The van der Waals surface area contributed by atoms with Crippen molar-refractivity contribution in [3.63, 3.8) is 0 Å². The molecule has 2 aliphatic rings. The Kier molecular flexibility index (Phi) is 8.12. The van der Waals surface area contributed by atoms with Gasteiger partial charge in [-0.15, -0.1) is 0 Å². The number of hydrogen-bond acceptors (Lipinski definition) is 8. The van der Waals surface area contributed by atoms with Gasteiger partial charge in [0.2, 0.25) is 5.82 Å². The van der Waals surface area contributed by atoms with Crippen LogP contribution in [0.4, 0.5) is 10.6 Å². The van der Waals surface area contributed by atoms with Gasteiger partial charge in [0.25, 0.3) is 5.91 Å². The molecule has 9 nitrogen and oxygen atoms in total. The normalized spacial score (nSPS) is 23.1. The van der Waals surface area contributed by atoms with Crippen molar-refractivity contribution in [2.24, 2.45) is 5.41 Å². The van der Waals surface area contributed by atoms with E-state index < -0.39 is 22.5 Å². The molecule has 2 fully saturated rings. The molecule has 0 atom stereocenters. The van der Waals surface area contributed by atoms with Crippen LogP contribution in [0, 0.1) is 23.7 Å². The fourth-order valence-electron chi connectivity index (χ4n) is 3.14. The van der Waals surface area contributed by atoms with E-state index in [4.69, 9.17) is 10.00 Å². The smallest absolute Gasteiger partial charge is 0.417 e. The van der Waals surface area contributed by atoms with Crippen molar-refractivity contribution >= 4 is 28.6 Å². The van der Waals surface area contributed by atoms with Gasteiger partial charge in [0, 0.05) is 60.0 Å². The van der Waals surface area contributed by atoms with Crippen molar-refractivity contribution in [2.45, 2.75) is 59.5 Å². The van der Waals surface area contributed by atoms with Crippen molar-refractivity contribution in [3.05, 3.63) is 17.6 Å². The topological polar surface area (TPSA) is 125 Å². The van der Waals surface area contributed by atoms with Crippen LogP contribution >= 0.6 is 0 Å². The number of nitrogens with zero attached hydrogens (tertiary/aromatic N) is 4. The van der Waals surface area contributed by atoms with Crippen molar-refractivity contribution in [2.75, 3.05) is 29.9 Å². The Labute approximate surface area is 186 Å². The minimum atomic E-state index is -1.000. The van der Waals surface area contributed by atoms with Crippen LogP contribution < -0.4 is 5.32 Å². The highest BCUT2D eigenvalue weighted by molar-refractivity contribution is 7.85. The number of imide groups is 1. The summed E-state index contributed by atoms with van der Waals surface area (Å²) in [4.78, 5) is 32.8. The molecule has 1 aromatic heterocycles. The van der Waals surface area contributed by atoms with Crippen molar-refractivity contribution in [1.82, 2.24) is 14.9 Å². The van der Waals surface area contributed by atoms with E-state index in [9.17, 15) is 13.8 Å². The first-order chi connectivity index (χ1) is 14.5. The highest BCUT2D eigenvalue weighted by Gasteiger charge is 2.54. The van der Waals surface area contributed by atoms with Gasteiger partial charge in [-0.05, 0) is 18.8 Å². The van der Waals surface area contributed by atoms with Crippen LogP contribution in [0.1, 0.15) is 58.3 Å². The Morgan fingerprint density at radius 3 is 2.52 bits per heavy atom. The zero-order chi connectivity index (χ0) is 23.2. The summed E-state index contributed by atoms with van der Waals surface area (Å²) < 4.78 is 16.5. The maximum absolute atomic E-state index is 12.1. The third-order valence-corrected chi connectivity index (χ3v) is 6.23. The van der Waals surface area contributed by atoms with Crippen LogP contribution in [0.5, 0.6) is 0 Å². The average Bonchev–Trinajstić information content (AvgIpc) is 2.94. The Morgan fingerprint density at radius 2 is 1.97 bits per heavy atom. The highest BCUT2D eigenvalue weighted by atomic mass is 32.2. The SMILES string of the molecule is CCCN1C(=O)OC2(CCS(=O)CC2)C1=O.Cc1cnc(C#N)nc1NCC(C)(C)C. The zero-order valence-electron chi connectivity index (χ0n) is 18.9. The molecule has 2 amide bonds. The third kappa shape index (κ3) is 6.47. The van der Waals surface area contributed by atoms with Crippen LogP contribution in [0.15, 0.2) is 6.20 Å². The lowest BCUT2D eigenvalue weighted by atomic mass is 9.96. The molecule has 0 saturated carbocycles. The van der Waals surface area contributed by atoms with E-state index in [1.165, 1.54) is 4.90 Å². The summed E-state index contributed by atoms with van der Waals surface area (Å²) in [5, 5.41) is 11.9. The van der Waals surface area contributed by atoms with Gasteiger partial charge in [-0.25, -0.2) is 19.7 Å². The number of aryl methyl sites for hydroxylation is 1. The number of carbonyl (C=O) groups is 2. The van der Waals surface area contributed by atoms with Crippen molar-refractivity contribution < 1.29 is 18.5 Å².